The molecule has 2 N–H and O–H groups in total. The van der Waals surface area contributed by atoms with Crippen LogP contribution in [0.1, 0.15) is 18.9 Å². The van der Waals surface area contributed by atoms with Crippen molar-refractivity contribution in [3.05, 3.63) is 60.2 Å². The number of hydrogen-bond donors (Lipinski definition) is 2. The van der Waals surface area contributed by atoms with Crippen LogP contribution in [0.15, 0.2) is 64.6 Å². The number of nitrogens with zero attached hydrogens (tertiary/aromatic N) is 2. The van der Waals surface area contributed by atoms with Gasteiger partial charge in [-0.1, -0.05) is 30.3 Å². The molecule has 1 aliphatic rings. The molecule has 0 radical (unpaired) electrons. The maximum atomic E-state index is 12.6. The first-order chi connectivity index (χ1) is 13.8. The van der Waals surface area contributed by atoms with E-state index in [4.69, 9.17) is 0 Å². The zero-order valence-electron chi connectivity index (χ0n) is 16.1. The number of nitrogens with one attached hydrogen (secondary N) is 2. The zero-order valence-corrected chi connectivity index (χ0v) is 16.9. The first-order valence-electron chi connectivity index (χ1n) is 9.04. The predicted molar refractivity (Wildman–Crippen MR) is 110 cm³/mol. The summed E-state index contributed by atoms with van der Waals surface area (Å²) in [6.07, 6.45) is 0.213. The molecule has 8 nitrogen and oxygen atoms in total. The van der Waals surface area contributed by atoms with Crippen molar-refractivity contribution in [1.82, 2.24) is 10.0 Å². The largest absolute Gasteiger partial charge is 0.347 e. The van der Waals surface area contributed by atoms with Crippen molar-refractivity contribution in [3.8, 4) is 0 Å². The van der Waals surface area contributed by atoms with Crippen molar-refractivity contribution < 1.29 is 18.0 Å². The van der Waals surface area contributed by atoms with E-state index in [2.05, 4.69) is 15.1 Å². The van der Waals surface area contributed by atoms with Gasteiger partial charge in [0.2, 0.25) is 10.0 Å². The number of ketones is 1. The number of benzene rings is 2. The van der Waals surface area contributed by atoms with Gasteiger partial charge in [0.1, 0.15) is 11.8 Å². The summed E-state index contributed by atoms with van der Waals surface area (Å²) in [6, 6.07) is 15.0. The molecular weight excluding hydrogens is 392 g/mol. The first kappa shape index (κ1) is 20.7. The summed E-state index contributed by atoms with van der Waals surface area (Å²) in [6.45, 7) is 1.62. The Morgan fingerprint density at radius 1 is 1.14 bits per heavy atom. The summed E-state index contributed by atoms with van der Waals surface area (Å²) < 4.78 is 26.1. The van der Waals surface area contributed by atoms with E-state index in [1.54, 1.807) is 17.1 Å². The highest BCUT2D eigenvalue weighted by Crippen LogP contribution is 2.25. The fraction of sp³-hybridized carbons (Fsp3) is 0.250. The van der Waals surface area contributed by atoms with E-state index in [1.807, 2.05) is 30.3 Å². The molecule has 3 rings (SSSR count). The van der Waals surface area contributed by atoms with E-state index in [0.717, 1.165) is 5.69 Å². The van der Waals surface area contributed by atoms with Crippen molar-refractivity contribution in [1.29, 1.82) is 0 Å². The number of hydrogen-bond acceptors (Lipinski definition) is 6. The van der Waals surface area contributed by atoms with Crippen LogP contribution in [0, 0.1) is 0 Å². The minimum absolute atomic E-state index is 0.0784. The minimum atomic E-state index is -3.56. The van der Waals surface area contributed by atoms with Gasteiger partial charge in [0.05, 0.1) is 10.6 Å². The van der Waals surface area contributed by atoms with Gasteiger partial charge in [0, 0.05) is 13.0 Å². The second kappa shape index (κ2) is 8.54. The van der Waals surface area contributed by atoms with Gasteiger partial charge in [0.15, 0.2) is 5.78 Å². The van der Waals surface area contributed by atoms with Crippen LogP contribution in [0.25, 0.3) is 0 Å². The molecule has 0 bridgehead atoms. The lowest BCUT2D eigenvalue weighted by molar-refractivity contribution is -0.118. The number of amides is 1. The van der Waals surface area contributed by atoms with Gasteiger partial charge < -0.3 is 5.32 Å². The number of sulfonamides is 1. The monoisotopic (exact) mass is 414 g/mol. The number of para-hydroxylation sites is 1. The second-order valence-corrected chi connectivity index (χ2v) is 8.48. The molecule has 2 aromatic rings. The summed E-state index contributed by atoms with van der Waals surface area (Å²) in [5, 5.41) is 8.67. The van der Waals surface area contributed by atoms with E-state index in [0.29, 0.717) is 5.56 Å². The van der Waals surface area contributed by atoms with E-state index in [-0.39, 0.29) is 29.4 Å². The molecule has 9 heteroatoms. The summed E-state index contributed by atoms with van der Waals surface area (Å²) in [5.74, 6) is -0.470. The number of carbonyl (C=O) groups is 2. The summed E-state index contributed by atoms with van der Waals surface area (Å²) in [7, 11) is -2.22. The van der Waals surface area contributed by atoms with Gasteiger partial charge in [0.25, 0.3) is 5.91 Å². The standard InChI is InChI=1S/C20H22N4O4S/c1-14(25)19-12-18(23-24(19)16-8-4-3-5-9-16)20(26)22-13-15-7-6-10-17(11-15)29(27,28)21-2/h3-11,19,21H,12-13H2,1-2H3,(H,22,26). The molecule has 0 aliphatic carbocycles. The Balaban J connectivity index is 1.73. The molecule has 1 unspecified atom stereocenters. The highest BCUT2D eigenvalue weighted by Gasteiger charge is 2.34. The fourth-order valence-corrected chi connectivity index (χ4v) is 3.81. The first-order valence-corrected chi connectivity index (χ1v) is 10.5. The fourth-order valence-electron chi connectivity index (χ4n) is 3.01. The lowest BCUT2D eigenvalue weighted by Crippen LogP contribution is -2.34. The van der Waals surface area contributed by atoms with Crippen LogP contribution in [0.5, 0.6) is 0 Å². The molecule has 0 fully saturated rings. The van der Waals surface area contributed by atoms with Crippen LogP contribution >= 0.6 is 0 Å². The lowest BCUT2D eigenvalue weighted by Gasteiger charge is -2.20. The highest BCUT2D eigenvalue weighted by molar-refractivity contribution is 7.89. The Hall–Kier alpha value is -3.04. The van der Waals surface area contributed by atoms with Crippen LogP contribution in [0.2, 0.25) is 0 Å². The van der Waals surface area contributed by atoms with Gasteiger partial charge >= 0.3 is 0 Å². The average molecular weight is 414 g/mol. The van der Waals surface area contributed by atoms with E-state index >= 15 is 0 Å². The highest BCUT2D eigenvalue weighted by atomic mass is 32.2. The summed E-state index contributed by atoms with van der Waals surface area (Å²) >= 11 is 0. The second-order valence-electron chi connectivity index (χ2n) is 6.60. The molecule has 1 atom stereocenters. The smallest absolute Gasteiger partial charge is 0.267 e. The van der Waals surface area contributed by atoms with Crippen LogP contribution in [-0.4, -0.2) is 38.9 Å². The topological polar surface area (TPSA) is 108 Å². The molecule has 1 aliphatic heterocycles. The molecule has 29 heavy (non-hydrogen) atoms. The molecule has 1 amide bonds. The Labute approximate surface area is 169 Å². The number of Topliss-reactive ketones (excluding diaryl/α,β-unsaturated/α-hetero) is 1. The van der Waals surface area contributed by atoms with Crippen molar-refractivity contribution in [3.63, 3.8) is 0 Å². The average Bonchev–Trinajstić information content (AvgIpc) is 3.19. The molecule has 0 saturated heterocycles. The van der Waals surface area contributed by atoms with Gasteiger partial charge in [-0.3, -0.25) is 14.6 Å². The third-order valence-electron chi connectivity index (χ3n) is 4.59. The van der Waals surface area contributed by atoms with Crippen molar-refractivity contribution in [2.45, 2.75) is 30.8 Å². The Bertz CT molecular complexity index is 1050. The molecule has 2 aromatic carbocycles. The van der Waals surface area contributed by atoms with Gasteiger partial charge in [-0.2, -0.15) is 5.10 Å². The van der Waals surface area contributed by atoms with Gasteiger partial charge in [-0.05, 0) is 43.8 Å². The van der Waals surface area contributed by atoms with E-state index in [1.165, 1.54) is 26.1 Å². The summed E-state index contributed by atoms with van der Waals surface area (Å²) in [5.41, 5.74) is 1.63. The molecule has 152 valence electrons. The minimum Gasteiger partial charge on any atom is -0.347 e. The predicted octanol–water partition coefficient (Wildman–Crippen LogP) is 1.43. The van der Waals surface area contributed by atoms with E-state index < -0.39 is 22.0 Å². The number of rotatable bonds is 7. The number of anilines is 1. The molecule has 0 aromatic heterocycles. The van der Waals surface area contributed by atoms with E-state index in [9.17, 15) is 18.0 Å². The lowest BCUT2D eigenvalue weighted by atomic mass is 10.1. The molecule has 0 spiro atoms. The molecular formula is C20H22N4O4S. The van der Waals surface area contributed by atoms with Crippen LogP contribution in [0.3, 0.4) is 0 Å². The summed E-state index contributed by atoms with van der Waals surface area (Å²) in [4.78, 5) is 24.7. The van der Waals surface area contributed by atoms with Gasteiger partial charge in [-0.25, -0.2) is 13.1 Å². The van der Waals surface area contributed by atoms with Crippen molar-refractivity contribution in [2.75, 3.05) is 12.1 Å². The zero-order chi connectivity index (χ0) is 21.0. The maximum Gasteiger partial charge on any atom is 0.267 e. The van der Waals surface area contributed by atoms with Crippen LogP contribution in [-0.2, 0) is 26.2 Å². The number of carbonyl (C=O) groups excluding carboxylic acids is 2. The Morgan fingerprint density at radius 3 is 2.52 bits per heavy atom. The van der Waals surface area contributed by atoms with Crippen LogP contribution in [0.4, 0.5) is 5.69 Å². The SMILES string of the molecule is CNS(=O)(=O)c1cccc(CNC(=O)C2=NN(c3ccccc3)C(C(C)=O)C2)c1. The van der Waals surface area contributed by atoms with Gasteiger partial charge in [-0.15, -0.1) is 0 Å². The third kappa shape index (κ3) is 4.69. The maximum absolute atomic E-state index is 12.6. The van der Waals surface area contributed by atoms with Crippen molar-refractivity contribution in [2.24, 2.45) is 5.10 Å². The van der Waals surface area contributed by atoms with Crippen LogP contribution < -0.4 is 15.0 Å². The Morgan fingerprint density at radius 2 is 1.86 bits per heavy atom. The molecule has 1 heterocycles. The normalized spacial score (nSPS) is 16.4. The number of hydrazone groups is 1. The third-order valence-corrected chi connectivity index (χ3v) is 6.01. The molecule has 0 saturated carbocycles. The van der Waals surface area contributed by atoms with Crippen molar-refractivity contribution >= 4 is 33.1 Å². The Kier molecular flexibility index (Phi) is 6.09. The quantitative estimate of drug-likeness (QED) is 0.713.